The highest BCUT2D eigenvalue weighted by molar-refractivity contribution is 8.00. The zero-order valence-electron chi connectivity index (χ0n) is 17.3. The number of benzene rings is 3. The van der Waals surface area contributed by atoms with Crippen molar-refractivity contribution in [1.82, 2.24) is 4.90 Å². The van der Waals surface area contributed by atoms with Crippen molar-refractivity contribution < 1.29 is 9.59 Å². The summed E-state index contributed by atoms with van der Waals surface area (Å²) in [4.78, 5) is 28.1. The molecule has 1 N–H and O–H groups in total. The fourth-order valence-corrected chi connectivity index (χ4v) is 5.38. The first-order chi connectivity index (χ1) is 15.2. The van der Waals surface area contributed by atoms with E-state index in [4.69, 9.17) is 0 Å². The van der Waals surface area contributed by atoms with E-state index in [1.165, 1.54) is 5.56 Å². The monoisotopic (exact) mass is 448 g/mol. The summed E-state index contributed by atoms with van der Waals surface area (Å²) in [5, 5.41) is 2.98. The summed E-state index contributed by atoms with van der Waals surface area (Å²) in [6.07, 6.45) is 2.82. The van der Waals surface area contributed by atoms with Gasteiger partial charge in [-0.25, -0.2) is 0 Å². The van der Waals surface area contributed by atoms with Gasteiger partial charge in [0.05, 0.1) is 11.4 Å². The van der Waals surface area contributed by atoms with E-state index >= 15 is 0 Å². The smallest absolute Gasteiger partial charge is 0.255 e. The van der Waals surface area contributed by atoms with Gasteiger partial charge in [0.1, 0.15) is 5.37 Å². The number of hydrogen-bond donors (Lipinski definition) is 1. The fraction of sp³-hybridized carbons (Fsp3) is 0.200. The van der Waals surface area contributed by atoms with E-state index in [1.807, 2.05) is 77.9 Å². The summed E-state index contributed by atoms with van der Waals surface area (Å²) < 4.78 is 0. The van der Waals surface area contributed by atoms with Gasteiger partial charge in [-0.15, -0.1) is 23.5 Å². The second-order valence-electron chi connectivity index (χ2n) is 7.26. The molecule has 1 aliphatic heterocycles. The minimum atomic E-state index is -0.135. The summed E-state index contributed by atoms with van der Waals surface area (Å²) in [6.45, 7) is 0.689. The zero-order valence-corrected chi connectivity index (χ0v) is 18.9. The molecular formula is C25H24N2O2S2. The van der Waals surface area contributed by atoms with Crippen LogP contribution < -0.4 is 5.32 Å². The maximum atomic E-state index is 12.7. The predicted octanol–water partition coefficient (Wildman–Crippen LogP) is 5.48. The van der Waals surface area contributed by atoms with E-state index in [1.54, 1.807) is 23.5 Å². The van der Waals surface area contributed by atoms with Crippen LogP contribution in [-0.2, 0) is 11.2 Å². The summed E-state index contributed by atoms with van der Waals surface area (Å²) >= 11 is 3.24. The molecule has 0 bridgehead atoms. The maximum absolute atomic E-state index is 12.7. The minimum Gasteiger partial charge on any atom is -0.326 e. The normalized spacial score (nSPS) is 15.8. The molecule has 1 saturated heterocycles. The Morgan fingerprint density at radius 1 is 1.03 bits per heavy atom. The van der Waals surface area contributed by atoms with E-state index in [0.717, 1.165) is 22.6 Å². The first-order valence-electron chi connectivity index (χ1n) is 10.1. The first-order valence-corrected chi connectivity index (χ1v) is 12.4. The SMILES string of the molecule is CSc1ccccc1NC(=O)c1ccc([C@H]2SCC(=O)N2CCc2ccccc2)cc1. The Morgan fingerprint density at radius 3 is 2.48 bits per heavy atom. The average Bonchev–Trinajstić information content (AvgIpc) is 3.19. The van der Waals surface area contributed by atoms with Crippen molar-refractivity contribution in [2.24, 2.45) is 0 Å². The lowest BCUT2D eigenvalue weighted by atomic mass is 10.1. The van der Waals surface area contributed by atoms with Gasteiger partial charge in [-0.3, -0.25) is 9.59 Å². The molecule has 1 heterocycles. The molecule has 4 rings (SSSR count). The van der Waals surface area contributed by atoms with Crippen molar-refractivity contribution >= 4 is 41.0 Å². The van der Waals surface area contributed by atoms with Crippen molar-refractivity contribution in [2.45, 2.75) is 16.7 Å². The van der Waals surface area contributed by atoms with Gasteiger partial charge >= 0.3 is 0 Å². The Kier molecular flexibility index (Phi) is 6.99. The highest BCUT2D eigenvalue weighted by atomic mass is 32.2. The van der Waals surface area contributed by atoms with Gasteiger partial charge in [0.2, 0.25) is 5.91 Å². The summed E-state index contributed by atoms with van der Waals surface area (Å²) in [6, 6.07) is 25.6. The molecule has 0 unspecified atom stereocenters. The van der Waals surface area contributed by atoms with Crippen LogP contribution in [0.4, 0.5) is 5.69 Å². The number of nitrogens with zero attached hydrogens (tertiary/aromatic N) is 1. The van der Waals surface area contributed by atoms with Crippen LogP contribution in [0.15, 0.2) is 83.8 Å². The Morgan fingerprint density at radius 2 is 1.74 bits per heavy atom. The predicted molar refractivity (Wildman–Crippen MR) is 130 cm³/mol. The lowest BCUT2D eigenvalue weighted by Crippen LogP contribution is -2.30. The Labute approximate surface area is 191 Å². The number of carbonyl (C=O) groups excluding carboxylic acids is 2. The number of amides is 2. The average molecular weight is 449 g/mol. The van der Waals surface area contributed by atoms with E-state index in [9.17, 15) is 9.59 Å². The largest absolute Gasteiger partial charge is 0.326 e. The van der Waals surface area contributed by atoms with Gasteiger partial charge in [0.25, 0.3) is 5.91 Å². The second-order valence-corrected chi connectivity index (χ2v) is 9.18. The van der Waals surface area contributed by atoms with Crippen LogP contribution in [0.3, 0.4) is 0 Å². The summed E-state index contributed by atoms with van der Waals surface area (Å²) in [7, 11) is 0. The quantitative estimate of drug-likeness (QED) is 0.487. The molecule has 6 heteroatoms. The number of thioether (sulfide) groups is 2. The van der Waals surface area contributed by atoms with Crippen molar-refractivity contribution in [3.8, 4) is 0 Å². The third kappa shape index (κ3) is 5.14. The molecule has 0 radical (unpaired) electrons. The Hall–Kier alpha value is -2.70. The molecule has 0 aromatic heterocycles. The molecular weight excluding hydrogens is 424 g/mol. The number of para-hydroxylation sites is 1. The summed E-state index contributed by atoms with van der Waals surface area (Å²) in [5.41, 5.74) is 3.69. The van der Waals surface area contributed by atoms with Crippen molar-refractivity contribution in [2.75, 3.05) is 23.9 Å². The number of nitrogens with one attached hydrogen (secondary N) is 1. The molecule has 1 atom stereocenters. The maximum Gasteiger partial charge on any atom is 0.255 e. The lowest BCUT2D eigenvalue weighted by Gasteiger charge is -2.24. The van der Waals surface area contributed by atoms with E-state index in [0.29, 0.717) is 17.9 Å². The molecule has 0 aliphatic carbocycles. The topological polar surface area (TPSA) is 49.4 Å². The molecule has 2 amide bonds. The van der Waals surface area contributed by atoms with Gasteiger partial charge in [0.15, 0.2) is 0 Å². The van der Waals surface area contributed by atoms with Gasteiger partial charge < -0.3 is 10.2 Å². The van der Waals surface area contributed by atoms with Crippen LogP contribution in [-0.4, -0.2) is 35.3 Å². The molecule has 31 heavy (non-hydrogen) atoms. The second kappa shape index (κ2) is 10.1. The third-order valence-electron chi connectivity index (χ3n) is 5.27. The standard InChI is InChI=1S/C25H24N2O2S2/c1-30-22-10-6-5-9-21(22)26-24(29)19-11-13-20(14-12-19)25-27(23(28)17-31-25)16-15-18-7-3-2-4-8-18/h2-14,25H,15-17H2,1H3,(H,26,29)/t25-/m1/s1. The van der Waals surface area contributed by atoms with Gasteiger partial charge in [0, 0.05) is 17.0 Å². The van der Waals surface area contributed by atoms with Crippen LogP contribution in [0, 0.1) is 0 Å². The van der Waals surface area contributed by atoms with E-state index < -0.39 is 0 Å². The van der Waals surface area contributed by atoms with E-state index in [2.05, 4.69) is 17.4 Å². The van der Waals surface area contributed by atoms with Gasteiger partial charge in [-0.1, -0.05) is 54.6 Å². The van der Waals surface area contributed by atoms with Crippen LogP contribution in [0.5, 0.6) is 0 Å². The van der Waals surface area contributed by atoms with Crippen molar-refractivity contribution in [3.05, 3.63) is 95.6 Å². The molecule has 0 spiro atoms. The number of anilines is 1. The van der Waals surface area contributed by atoms with Gasteiger partial charge in [-0.2, -0.15) is 0 Å². The lowest BCUT2D eigenvalue weighted by molar-refractivity contribution is -0.128. The van der Waals surface area contributed by atoms with Crippen LogP contribution in [0.1, 0.15) is 26.9 Å². The molecule has 1 fully saturated rings. The zero-order chi connectivity index (χ0) is 21.6. The molecule has 158 valence electrons. The van der Waals surface area contributed by atoms with Crippen LogP contribution in [0.2, 0.25) is 0 Å². The minimum absolute atomic E-state index is 0.00876. The van der Waals surface area contributed by atoms with Gasteiger partial charge in [-0.05, 0) is 48.1 Å². The van der Waals surface area contributed by atoms with Crippen LogP contribution >= 0.6 is 23.5 Å². The number of carbonyl (C=O) groups is 2. The molecule has 0 saturated carbocycles. The third-order valence-corrected chi connectivity index (χ3v) is 7.32. The summed E-state index contributed by atoms with van der Waals surface area (Å²) in [5.74, 6) is 0.526. The van der Waals surface area contributed by atoms with Crippen molar-refractivity contribution in [3.63, 3.8) is 0 Å². The van der Waals surface area contributed by atoms with Crippen LogP contribution in [0.25, 0.3) is 0 Å². The molecule has 1 aliphatic rings. The van der Waals surface area contributed by atoms with Crippen molar-refractivity contribution in [1.29, 1.82) is 0 Å². The highest BCUT2D eigenvalue weighted by Crippen LogP contribution is 2.38. The fourth-order valence-electron chi connectivity index (χ4n) is 3.61. The first kappa shape index (κ1) is 21.5. The molecule has 4 nitrogen and oxygen atoms in total. The van der Waals surface area contributed by atoms with E-state index in [-0.39, 0.29) is 17.2 Å². The Bertz CT molecular complexity index is 1050. The number of rotatable bonds is 7. The Balaban J connectivity index is 1.44. The molecule has 3 aromatic carbocycles. The number of hydrogen-bond acceptors (Lipinski definition) is 4. The highest BCUT2D eigenvalue weighted by Gasteiger charge is 2.32. The molecule has 3 aromatic rings.